The first-order chi connectivity index (χ1) is 12.8. The SMILES string of the molecule is N[C@@H](CCC(=O)O)C(=O)O.O=C(O)CC[C@@H](C(=O)O)N(CC(=O)O)CC(=O)O.[NaH].[NaH].[NaH].[NaH]. The predicted molar refractivity (Wildman–Crippen MR) is 116 cm³/mol. The Morgan fingerprint density at radius 3 is 1.19 bits per heavy atom. The molecule has 0 rings (SSSR count). The zero-order valence-electron chi connectivity index (χ0n) is 14.6. The van der Waals surface area contributed by atoms with Gasteiger partial charge in [-0.1, -0.05) is 0 Å². The summed E-state index contributed by atoms with van der Waals surface area (Å²) in [7, 11) is 0. The zero-order chi connectivity index (χ0) is 22.4. The van der Waals surface area contributed by atoms with Crippen LogP contribution in [0, 0.1) is 0 Å². The predicted octanol–water partition coefficient (Wildman–Crippen LogP) is -4.56. The Balaban J connectivity index is -0.000000106. The van der Waals surface area contributed by atoms with Crippen LogP contribution in [-0.2, 0) is 28.8 Å². The van der Waals surface area contributed by atoms with Gasteiger partial charge in [0.05, 0.1) is 13.1 Å². The van der Waals surface area contributed by atoms with Gasteiger partial charge in [-0.25, -0.2) is 0 Å². The molecule has 0 aliphatic heterocycles. The van der Waals surface area contributed by atoms with Crippen molar-refractivity contribution in [1.29, 1.82) is 0 Å². The fourth-order valence-electron chi connectivity index (χ4n) is 1.75. The Morgan fingerprint density at radius 2 is 0.938 bits per heavy atom. The van der Waals surface area contributed by atoms with Crippen LogP contribution in [0.1, 0.15) is 25.7 Å². The van der Waals surface area contributed by atoms with E-state index in [1.165, 1.54) is 0 Å². The molecule has 0 saturated carbocycles. The number of aliphatic carboxylic acids is 6. The fourth-order valence-corrected chi connectivity index (χ4v) is 1.75. The molecule has 0 spiro atoms. The molecule has 0 saturated heterocycles. The van der Waals surface area contributed by atoms with Gasteiger partial charge in [-0.05, 0) is 12.8 Å². The van der Waals surface area contributed by atoms with E-state index in [0.717, 1.165) is 0 Å². The van der Waals surface area contributed by atoms with Gasteiger partial charge >= 0.3 is 154 Å². The number of nitrogens with zero attached hydrogens (tertiary/aromatic N) is 1. The van der Waals surface area contributed by atoms with Crippen molar-refractivity contribution in [1.82, 2.24) is 4.90 Å². The van der Waals surface area contributed by atoms with Gasteiger partial charge in [0, 0.05) is 12.8 Å². The van der Waals surface area contributed by atoms with Crippen molar-refractivity contribution in [2.75, 3.05) is 13.1 Å². The number of rotatable bonds is 13. The molecule has 8 N–H and O–H groups in total. The average molecular weight is 506 g/mol. The van der Waals surface area contributed by atoms with Crippen LogP contribution in [-0.4, -0.2) is 215 Å². The van der Waals surface area contributed by atoms with Crippen LogP contribution in [0.5, 0.6) is 0 Å². The van der Waals surface area contributed by atoms with E-state index in [4.69, 9.17) is 36.4 Å². The zero-order valence-corrected chi connectivity index (χ0v) is 14.6. The second-order valence-corrected chi connectivity index (χ2v) is 5.36. The second-order valence-electron chi connectivity index (χ2n) is 5.36. The molecule has 14 nitrogen and oxygen atoms in total. The first-order valence-corrected chi connectivity index (χ1v) is 7.60. The Labute approximate surface area is 271 Å². The van der Waals surface area contributed by atoms with E-state index in [9.17, 15) is 28.8 Å². The molecule has 0 amide bonds. The molecule has 0 aromatic carbocycles. The van der Waals surface area contributed by atoms with E-state index in [-0.39, 0.29) is 137 Å². The molecule has 0 aliphatic carbocycles. The molecule has 32 heavy (non-hydrogen) atoms. The summed E-state index contributed by atoms with van der Waals surface area (Å²) >= 11 is 0. The number of hydrogen-bond donors (Lipinski definition) is 7. The van der Waals surface area contributed by atoms with Gasteiger partial charge < -0.3 is 36.4 Å². The Hall–Kier alpha value is 0.740. The number of carboxylic acid groups (broad SMARTS) is 6. The first kappa shape index (κ1) is 46.1. The summed E-state index contributed by atoms with van der Waals surface area (Å²) < 4.78 is 0. The monoisotopic (exact) mass is 506 g/mol. The van der Waals surface area contributed by atoms with Crippen molar-refractivity contribution in [3.8, 4) is 0 Å². The molecule has 0 radical (unpaired) electrons. The molecular weight excluding hydrogens is 480 g/mol. The van der Waals surface area contributed by atoms with Crippen molar-refractivity contribution in [3.63, 3.8) is 0 Å². The Kier molecular flexibility index (Phi) is 38.0. The van der Waals surface area contributed by atoms with Gasteiger partial charge in [0.15, 0.2) is 0 Å². The summed E-state index contributed by atoms with van der Waals surface area (Å²) in [6.45, 7) is -1.58. The van der Waals surface area contributed by atoms with Crippen LogP contribution in [0.15, 0.2) is 0 Å². The maximum absolute atomic E-state index is 10.9. The van der Waals surface area contributed by atoms with Crippen LogP contribution < -0.4 is 5.73 Å². The van der Waals surface area contributed by atoms with E-state index < -0.39 is 67.4 Å². The number of carboxylic acids is 6. The molecule has 0 aromatic heterocycles. The second kappa shape index (κ2) is 26.3. The van der Waals surface area contributed by atoms with Crippen molar-refractivity contribution in [3.05, 3.63) is 0 Å². The van der Waals surface area contributed by atoms with Crippen LogP contribution in [0.2, 0.25) is 0 Å². The quantitative estimate of drug-likeness (QED) is 0.116. The molecule has 0 aliphatic rings. The van der Waals surface area contributed by atoms with Crippen molar-refractivity contribution in [2.45, 2.75) is 37.8 Å². The Bertz CT molecular complexity index is 592. The third kappa shape index (κ3) is 28.8. The molecular formula is C14H26N2Na4O12. The summed E-state index contributed by atoms with van der Waals surface area (Å²) in [5.41, 5.74) is 5.00. The number of carbonyl (C=O) groups is 6. The summed E-state index contributed by atoms with van der Waals surface area (Å²) in [6, 6.07) is -2.52. The average Bonchev–Trinajstić information content (AvgIpc) is 2.51. The molecule has 0 unspecified atom stereocenters. The van der Waals surface area contributed by atoms with E-state index in [2.05, 4.69) is 0 Å². The van der Waals surface area contributed by atoms with E-state index in [1.54, 1.807) is 0 Å². The van der Waals surface area contributed by atoms with Gasteiger partial charge in [0.2, 0.25) is 0 Å². The molecule has 2 atom stereocenters. The van der Waals surface area contributed by atoms with Gasteiger partial charge in [-0.3, -0.25) is 33.7 Å². The number of hydrogen-bond acceptors (Lipinski definition) is 8. The van der Waals surface area contributed by atoms with E-state index in [0.29, 0.717) is 4.90 Å². The molecule has 0 aromatic rings. The summed E-state index contributed by atoms with van der Waals surface area (Å²) in [5.74, 6) is -7.68. The maximum atomic E-state index is 10.9. The van der Waals surface area contributed by atoms with Crippen molar-refractivity contribution in [2.24, 2.45) is 5.73 Å². The normalized spacial score (nSPS) is 10.7. The standard InChI is InChI=1S/C9H13NO8.C5H9NO4.4Na.4H/c11-6(12)2-1-5(9(17)18)10(3-7(13)14)4-8(15)16;6-3(5(9)10)1-2-4(7)8;;;;;;;;/h5H,1-4H2,(H,11,12)(H,13,14)(H,15,16)(H,17,18);3H,1-2,6H2,(H,7,8)(H,9,10);;;;;;;;/t5-;3-;;;;;;;;/m00......../s1. The molecule has 0 bridgehead atoms. The summed E-state index contributed by atoms with van der Waals surface area (Å²) in [5, 5.41) is 50.7. The van der Waals surface area contributed by atoms with Crippen LogP contribution in [0.4, 0.5) is 0 Å². The molecule has 0 fully saturated rings. The van der Waals surface area contributed by atoms with Crippen LogP contribution in [0.25, 0.3) is 0 Å². The van der Waals surface area contributed by atoms with Gasteiger partial charge in [0.25, 0.3) is 0 Å². The fraction of sp³-hybridized carbons (Fsp3) is 0.571. The first-order valence-electron chi connectivity index (χ1n) is 7.60. The molecule has 18 heteroatoms. The van der Waals surface area contributed by atoms with Crippen molar-refractivity contribution < 1.29 is 59.4 Å². The van der Waals surface area contributed by atoms with Gasteiger partial charge in [-0.2, -0.15) is 0 Å². The summed E-state index contributed by atoms with van der Waals surface area (Å²) in [4.78, 5) is 62.8. The summed E-state index contributed by atoms with van der Waals surface area (Å²) in [6.07, 6.45) is -1.09. The minimum atomic E-state index is -1.46. The molecule has 168 valence electrons. The third-order valence-electron chi connectivity index (χ3n) is 3.02. The molecule has 0 heterocycles. The van der Waals surface area contributed by atoms with Gasteiger partial charge in [-0.15, -0.1) is 0 Å². The topological polar surface area (TPSA) is 253 Å². The third-order valence-corrected chi connectivity index (χ3v) is 3.02. The van der Waals surface area contributed by atoms with E-state index >= 15 is 0 Å². The van der Waals surface area contributed by atoms with Crippen molar-refractivity contribution >= 4 is 154 Å². The Morgan fingerprint density at radius 1 is 0.594 bits per heavy atom. The van der Waals surface area contributed by atoms with Gasteiger partial charge in [0.1, 0.15) is 12.1 Å². The van der Waals surface area contributed by atoms with Crippen LogP contribution >= 0.6 is 0 Å². The number of nitrogens with two attached hydrogens (primary N) is 1. The van der Waals surface area contributed by atoms with Crippen LogP contribution in [0.3, 0.4) is 0 Å². The van der Waals surface area contributed by atoms with E-state index in [1.807, 2.05) is 0 Å². The minimum absolute atomic E-state index is 0.